The molecule has 0 amide bonds. The molecule has 0 bridgehead atoms. The molecule has 13 heteroatoms. The van der Waals surface area contributed by atoms with Gasteiger partial charge in [0.05, 0.1) is 31.6 Å². The summed E-state index contributed by atoms with van der Waals surface area (Å²) in [6, 6.07) is 13.0. The number of carbonyl (C=O) groups is 1. The van der Waals surface area contributed by atoms with E-state index in [2.05, 4.69) is 15.0 Å². The number of nitrogen functional groups attached to an aromatic ring is 1. The summed E-state index contributed by atoms with van der Waals surface area (Å²) in [5.41, 5.74) is 6.70. The summed E-state index contributed by atoms with van der Waals surface area (Å²) in [4.78, 5) is 25.9. The maximum Gasteiger partial charge on any atom is 0.380 e. The predicted octanol–water partition coefficient (Wildman–Crippen LogP) is 5.03. The van der Waals surface area contributed by atoms with Gasteiger partial charge in [-0.3, -0.25) is 13.9 Å². The molecule has 0 saturated carbocycles. The smallest absolute Gasteiger partial charge is 0.380 e. The minimum Gasteiger partial charge on any atom is -0.465 e. The summed E-state index contributed by atoms with van der Waals surface area (Å²) in [5.74, 6) is -0.232. The van der Waals surface area contributed by atoms with Crippen LogP contribution in [0.2, 0.25) is 0 Å². The second kappa shape index (κ2) is 12.2. The summed E-state index contributed by atoms with van der Waals surface area (Å²) in [5, 5.41) is 11.9. The lowest BCUT2D eigenvalue weighted by atomic mass is 9.99. The van der Waals surface area contributed by atoms with Crippen molar-refractivity contribution in [3.8, 4) is 5.75 Å². The van der Waals surface area contributed by atoms with Crippen LogP contribution in [-0.4, -0.2) is 62.2 Å². The van der Waals surface area contributed by atoms with Crippen molar-refractivity contribution >= 4 is 41.3 Å². The first kappa shape index (κ1) is 30.9. The maximum absolute atomic E-state index is 14.6. The highest BCUT2D eigenvalue weighted by atomic mass is 31.2. The third-order valence-electron chi connectivity index (χ3n) is 7.06. The van der Waals surface area contributed by atoms with Crippen LogP contribution in [0.15, 0.2) is 48.8 Å². The van der Waals surface area contributed by atoms with Crippen LogP contribution in [0.1, 0.15) is 46.2 Å². The molecule has 1 aliphatic rings. The average molecular weight is 612 g/mol. The number of anilines is 1. The Balaban J connectivity index is 1.43. The molecule has 43 heavy (non-hydrogen) atoms. The van der Waals surface area contributed by atoms with Crippen LogP contribution in [0.4, 0.5) is 5.82 Å². The fourth-order valence-electron chi connectivity index (χ4n) is 4.98. The molecule has 5 atom stereocenters. The maximum atomic E-state index is 14.6. The van der Waals surface area contributed by atoms with Crippen molar-refractivity contribution < 1.29 is 33.0 Å². The van der Waals surface area contributed by atoms with Gasteiger partial charge in [-0.2, -0.15) is 0 Å². The second-order valence-corrected chi connectivity index (χ2v) is 14.1. The van der Waals surface area contributed by atoms with Crippen LogP contribution in [0.5, 0.6) is 5.75 Å². The summed E-state index contributed by atoms with van der Waals surface area (Å²) in [6.07, 6.45) is -0.834. The van der Waals surface area contributed by atoms with E-state index in [4.69, 9.17) is 24.3 Å². The van der Waals surface area contributed by atoms with Gasteiger partial charge in [0.25, 0.3) is 0 Å². The number of nitrogens with two attached hydrogens (primary N) is 1. The van der Waals surface area contributed by atoms with Crippen LogP contribution < -0.4 is 10.3 Å². The van der Waals surface area contributed by atoms with Gasteiger partial charge in [-0.25, -0.2) is 19.5 Å². The molecular formula is C30H38N5O7P. The lowest BCUT2D eigenvalue weighted by molar-refractivity contribution is -0.150. The first-order valence-corrected chi connectivity index (χ1v) is 15.9. The lowest BCUT2D eigenvalue weighted by Gasteiger charge is -2.27. The van der Waals surface area contributed by atoms with Gasteiger partial charge in [-0.1, -0.05) is 64.1 Å². The molecule has 0 radical (unpaired) electrons. The number of benzene rings is 2. The number of esters is 1. The number of rotatable bonds is 10. The number of imidazole rings is 1. The van der Waals surface area contributed by atoms with Gasteiger partial charge in [0, 0.05) is 11.8 Å². The molecule has 1 saturated heterocycles. The van der Waals surface area contributed by atoms with Crippen molar-refractivity contribution in [2.75, 3.05) is 25.1 Å². The molecule has 12 nitrogen and oxygen atoms in total. The zero-order chi connectivity index (χ0) is 30.9. The lowest BCUT2D eigenvalue weighted by Crippen LogP contribution is -2.30. The highest BCUT2D eigenvalue weighted by molar-refractivity contribution is 7.54. The zero-order valence-electron chi connectivity index (χ0n) is 25.0. The first-order chi connectivity index (χ1) is 20.4. The number of hydrogen-bond donors (Lipinski definition) is 2. The molecule has 1 fully saturated rings. The van der Waals surface area contributed by atoms with Crippen LogP contribution in [0.3, 0.4) is 0 Å². The fourth-order valence-corrected chi connectivity index (χ4v) is 7.10. The highest BCUT2D eigenvalue weighted by Gasteiger charge is 2.44. The number of fused-ring (bicyclic) bond motifs is 2. The van der Waals surface area contributed by atoms with Gasteiger partial charge in [-0.15, -0.1) is 0 Å². The fraction of sp³-hybridized carbons (Fsp3) is 0.467. The number of ether oxygens (including phenoxy) is 2. The van der Waals surface area contributed by atoms with Crippen LogP contribution in [0.25, 0.3) is 21.9 Å². The molecule has 2 aromatic carbocycles. The van der Waals surface area contributed by atoms with Gasteiger partial charge in [0.15, 0.2) is 11.5 Å². The van der Waals surface area contributed by atoms with Gasteiger partial charge >= 0.3 is 13.6 Å². The third kappa shape index (κ3) is 6.99. The quantitative estimate of drug-likeness (QED) is 0.183. The summed E-state index contributed by atoms with van der Waals surface area (Å²) >= 11 is 0. The number of carbonyl (C=O) groups excluding carboxylic acids is 1. The molecular weight excluding hydrogens is 573 g/mol. The topological polar surface area (TPSA) is 161 Å². The SMILES string of the molecule is Cc1nc(N)c2ncn([C@H]3C[C@@H](OP(=O)(C[C@@H](C)C(=O)OCC(C)(C)C)Oc4cccc5ccccc45)[C@@H](CO)O3)c2n1. The van der Waals surface area contributed by atoms with Crippen molar-refractivity contribution in [2.45, 2.75) is 59.5 Å². The summed E-state index contributed by atoms with van der Waals surface area (Å²) in [6.45, 7) is 9.04. The zero-order valence-corrected chi connectivity index (χ0v) is 25.9. The molecule has 5 rings (SSSR count). The standard InChI is InChI=1S/C30H38N5O7P/c1-18(29(37)39-16-30(3,4)5)15-43(38,41-22-12-8-10-20-9-6-7-11-21(20)22)42-23-13-25(40-24(23)14-36)35-17-32-26-27(31)33-19(2)34-28(26)35/h6-12,17-18,23-25,36H,13-16H2,1-5H3,(H2,31,33,34)/t18-,23-,24-,25-,43?/m1/s1. The normalized spacial score (nSPS) is 21.1. The predicted molar refractivity (Wildman–Crippen MR) is 162 cm³/mol. The molecule has 3 heterocycles. The Hall–Kier alpha value is -3.57. The number of aliphatic hydroxyl groups is 1. The van der Waals surface area contributed by atoms with E-state index < -0.39 is 44.5 Å². The van der Waals surface area contributed by atoms with E-state index >= 15 is 0 Å². The van der Waals surface area contributed by atoms with Crippen molar-refractivity contribution in [3.05, 3.63) is 54.6 Å². The molecule has 1 aliphatic heterocycles. The Morgan fingerprint density at radius 3 is 2.70 bits per heavy atom. The minimum absolute atomic E-state index is 0.200. The van der Waals surface area contributed by atoms with E-state index in [1.54, 1.807) is 30.5 Å². The molecule has 2 aromatic heterocycles. The Morgan fingerprint density at radius 2 is 1.95 bits per heavy atom. The van der Waals surface area contributed by atoms with Crippen LogP contribution >= 0.6 is 7.60 Å². The Labute approximate surface area is 250 Å². The van der Waals surface area contributed by atoms with E-state index in [0.29, 0.717) is 22.7 Å². The number of aryl methyl sites for hydroxylation is 1. The highest BCUT2D eigenvalue weighted by Crippen LogP contribution is 2.54. The number of hydrogen-bond acceptors (Lipinski definition) is 11. The van der Waals surface area contributed by atoms with Gasteiger partial charge in [0.1, 0.15) is 35.5 Å². The van der Waals surface area contributed by atoms with E-state index in [-0.39, 0.29) is 30.4 Å². The van der Waals surface area contributed by atoms with Gasteiger partial charge in [-0.05, 0) is 23.8 Å². The molecule has 0 aliphatic carbocycles. The van der Waals surface area contributed by atoms with Crippen LogP contribution in [-0.2, 0) is 23.4 Å². The van der Waals surface area contributed by atoms with Crippen molar-refractivity contribution in [1.29, 1.82) is 0 Å². The molecule has 3 N–H and O–H groups in total. The molecule has 1 unspecified atom stereocenters. The summed E-state index contributed by atoms with van der Waals surface area (Å²) < 4.78 is 40.4. The van der Waals surface area contributed by atoms with Gasteiger partial charge < -0.3 is 24.8 Å². The molecule has 4 aromatic rings. The van der Waals surface area contributed by atoms with Crippen molar-refractivity contribution in [2.24, 2.45) is 11.3 Å². The van der Waals surface area contributed by atoms with Crippen molar-refractivity contribution in [3.63, 3.8) is 0 Å². The van der Waals surface area contributed by atoms with Gasteiger partial charge in [0.2, 0.25) is 0 Å². The van der Waals surface area contributed by atoms with E-state index in [0.717, 1.165) is 10.8 Å². The number of aliphatic hydroxyl groups excluding tert-OH is 1. The van der Waals surface area contributed by atoms with E-state index in [9.17, 15) is 14.5 Å². The Bertz CT molecular complexity index is 1660. The number of nitrogens with zero attached hydrogens (tertiary/aromatic N) is 4. The average Bonchev–Trinajstić information content (AvgIpc) is 3.55. The van der Waals surface area contributed by atoms with E-state index in [1.807, 2.05) is 51.1 Å². The number of aromatic nitrogens is 4. The monoisotopic (exact) mass is 611 g/mol. The minimum atomic E-state index is -4.05. The van der Waals surface area contributed by atoms with E-state index in [1.165, 1.54) is 6.33 Å². The second-order valence-electron chi connectivity index (χ2n) is 12.1. The third-order valence-corrected chi connectivity index (χ3v) is 9.12. The van der Waals surface area contributed by atoms with Crippen LogP contribution in [0, 0.1) is 18.3 Å². The Kier molecular flexibility index (Phi) is 8.76. The Morgan fingerprint density at radius 1 is 1.21 bits per heavy atom. The largest absolute Gasteiger partial charge is 0.465 e. The molecule has 0 spiro atoms. The molecule has 230 valence electrons. The first-order valence-electron chi connectivity index (χ1n) is 14.2. The van der Waals surface area contributed by atoms with Crippen molar-refractivity contribution in [1.82, 2.24) is 19.5 Å². The summed E-state index contributed by atoms with van der Waals surface area (Å²) in [7, 11) is -4.05.